The van der Waals surface area contributed by atoms with Gasteiger partial charge in [-0.1, -0.05) is 12.1 Å². The van der Waals surface area contributed by atoms with E-state index in [2.05, 4.69) is 35.9 Å². The number of nitrogens with one attached hydrogen (secondary N) is 3. The fraction of sp³-hybridized carbons (Fsp3) is 0.200. The first kappa shape index (κ1) is 18.5. The summed E-state index contributed by atoms with van der Waals surface area (Å²) in [5.74, 6) is 3.21. The van der Waals surface area contributed by atoms with Gasteiger partial charge in [-0.3, -0.25) is 4.99 Å². The number of aliphatic imine (C=N–C) groups is 2. The van der Waals surface area contributed by atoms with Crippen molar-refractivity contribution in [2.45, 2.75) is 13.0 Å². The maximum Gasteiger partial charge on any atom is 0.197 e. The fourth-order valence-electron chi connectivity index (χ4n) is 2.78. The largest absolute Gasteiger partial charge is 0.467 e. The highest BCUT2D eigenvalue weighted by atomic mass is 16.3. The molecule has 0 unspecified atom stereocenters. The molecule has 0 spiro atoms. The first-order valence-corrected chi connectivity index (χ1v) is 9.29. The molecule has 3 aromatic rings. The Balaban J connectivity index is 1.30. The maximum absolute atomic E-state index is 5.89. The summed E-state index contributed by atoms with van der Waals surface area (Å²) >= 11 is 0. The van der Waals surface area contributed by atoms with Crippen LogP contribution in [0.3, 0.4) is 0 Å². The van der Waals surface area contributed by atoms with Crippen LogP contribution in [0, 0.1) is 0 Å². The minimum absolute atomic E-state index is 0.287. The van der Waals surface area contributed by atoms with E-state index in [9.17, 15) is 0 Å². The molecule has 0 bridgehead atoms. The van der Waals surface area contributed by atoms with Crippen LogP contribution in [-0.2, 0) is 13.0 Å². The minimum Gasteiger partial charge on any atom is -0.467 e. The molecule has 1 aliphatic heterocycles. The molecule has 9 nitrogen and oxygen atoms in total. The highest BCUT2D eigenvalue weighted by molar-refractivity contribution is 5.93. The number of nitrogens with zero attached hydrogens (tertiary/aromatic N) is 4. The first-order chi connectivity index (χ1) is 14.2. The van der Waals surface area contributed by atoms with Gasteiger partial charge in [0.15, 0.2) is 11.9 Å². The predicted molar refractivity (Wildman–Crippen MR) is 113 cm³/mol. The van der Waals surface area contributed by atoms with Crippen molar-refractivity contribution in [3.8, 4) is 0 Å². The average Bonchev–Trinajstić information content (AvgIpc) is 3.44. The molecular weight excluding hydrogens is 368 g/mol. The second-order valence-electron chi connectivity index (χ2n) is 6.47. The molecule has 5 N–H and O–H groups in total. The minimum atomic E-state index is 0.287. The summed E-state index contributed by atoms with van der Waals surface area (Å²) in [5, 5.41) is 9.29. The van der Waals surface area contributed by atoms with E-state index in [-0.39, 0.29) is 5.96 Å². The standard InChI is InChI=1S/C20H22N8O/c21-19(26-13-16-2-1-9-29-16)27-17-5-3-14(11-24-17)10-15-4-6-18(25-12-15)28-20-22-7-8-23-20/h1-6,9,11-12H,7-8,10,13H2,(H3,21,24,26,27)(H2,22,23,25,28). The summed E-state index contributed by atoms with van der Waals surface area (Å²) in [4.78, 5) is 17.3. The summed E-state index contributed by atoms with van der Waals surface area (Å²) in [7, 11) is 0. The van der Waals surface area contributed by atoms with Gasteiger partial charge in [0.05, 0.1) is 12.8 Å². The molecule has 0 aromatic carbocycles. The Morgan fingerprint density at radius 3 is 2.52 bits per heavy atom. The Morgan fingerprint density at radius 2 is 1.90 bits per heavy atom. The second-order valence-corrected chi connectivity index (χ2v) is 6.47. The van der Waals surface area contributed by atoms with Crippen LogP contribution in [0.5, 0.6) is 0 Å². The summed E-state index contributed by atoms with van der Waals surface area (Å²) in [5.41, 5.74) is 8.06. The van der Waals surface area contributed by atoms with E-state index in [1.165, 1.54) is 0 Å². The Labute approximate surface area is 168 Å². The SMILES string of the molecule is NC(=NCc1ccco1)Nc1ccc(Cc2ccc(NC3=NCCN3)nc2)cn1. The number of aromatic nitrogens is 2. The number of pyridine rings is 2. The van der Waals surface area contributed by atoms with Crippen molar-refractivity contribution < 1.29 is 4.42 Å². The lowest BCUT2D eigenvalue weighted by Gasteiger charge is -2.08. The summed E-state index contributed by atoms with van der Waals surface area (Å²) in [6.07, 6.45) is 6.01. The van der Waals surface area contributed by atoms with Crippen molar-refractivity contribution in [3.63, 3.8) is 0 Å². The molecule has 1 aliphatic rings. The van der Waals surface area contributed by atoms with Gasteiger partial charge >= 0.3 is 0 Å². The highest BCUT2D eigenvalue weighted by Crippen LogP contribution is 2.12. The Bertz CT molecular complexity index is 978. The van der Waals surface area contributed by atoms with Gasteiger partial charge in [0.2, 0.25) is 0 Å². The number of anilines is 2. The van der Waals surface area contributed by atoms with Crippen LogP contribution in [0.4, 0.5) is 11.6 Å². The van der Waals surface area contributed by atoms with Crippen molar-refractivity contribution in [2.24, 2.45) is 15.7 Å². The van der Waals surface area contributed by atoms with Gasteiger partial charge < -0.3 is 26.1 Å². The van der Waals surface area contributed by atoms with Gasteiger partial charge in [-0.2, -0.15) is 0 Å². The fourth-order valence-corrected chi connectivity index (χ4v) is 2.78. The van der Waals surface area contributed by atoms with Crippen LogP contribution in [0.15, 0.2) is 69.5 Å². The lowest BCUT2D eigenvalue weighted by Crippen LogP contribution is -2.26. The first-order valence-electron chi connectivity index (χ1n) is 9.29. The summed E-state index contributed by atoms with van der Waals surface area (Å²) in [6.45, 7) is 2.03. The molecule has 0 aliphatic carbocycles. The molecular formula is C20H22N8O. The van der Waals surface area contributed by atoms with Crippen molar-refractivity contribution in [1.82, 2.24) is 15.3 Å². The van der Waals surface area contributed by atoms with Crippen molar-refractivity contribution >= 4 is 23.6 Å². The normalized spacial score (nSPS) is 13.7. The number of furan rings is 1. The zero-order valence-electron chi connectivity index (χ0n) is 15.8. The molecule has 0 fully saturated rings. The molecule has 4 heterocycles. The Kier molecular flexibility index (Phi) is 5.65. The van der Waals surface area contributed by atoms with Crippen LogP contribution in [0.25, 0.3) is 0 Å². The molecule has 3 aromatic heterocycles. The van der Waals surface area contributed by atoms with E-state index < -0.39 is 0 Å². The third-order valence-corrected chi connectivity index (χ3v) is 4.22. The third kappa shape index (κ3) is 5.32. The molecule has 0 saturated carbocycles. The molecule has 0 atom stereocenters. The van der Waals surface area contributed by atoms with Crippen molar-refractivity contribution in [2.75, 3.05) is 23.7 Å². The lowest BCUT2D eigenvalue weighted by atomic mass is 10.1. The number of nitrogens with two attached hydrogens (primary N) is 1. The molecule has 148 valence electrons. The molecule has 0 saturated heterocycles. The number of hydrogen-bond donors (Lipinski definition) is 4. The lowest BCUT2D eigenvalue weighted by molar-refractivity contribution is 0.513. The second kappa shape index (κ2) is 8.87. The third-order valence-electron chi connectivity index (χ3n) is 4.22. The number of guanidine groups is 2. The zero-order valence-corrected chi connectivity index (χ0v) is 15.8. The molecule has 9 heteroatoms. The smallest absolute Gasteiger partial charge is 0.197 e. The molecule has 29 heavy (non-hydrogen) atoms. The van der Waals surface area contributed by atoms with E-state index in [0.717, 1.165) is 48.2 Å². The van der Waals surface area contributed by atoms with E-state index >= 15 is 0 Å². The molecule has 0 amide bonds. The van der Waals surface area contributed by atoms with Crippen LogP contribution < -0.4 is 21.7 Å². The van der Waals surface area contributed by atoms with Gasteiger partial charge in [-0.05, 0) is 35.4 Å². The summed E-state index contributed by atoms with van der Waals surface area (Å²) in [6, 6.07) is 11.5. The Hall–Kier alpha value is -3.88. The van der Waals surface area contributed by atoms with Crippen LogP contribution >= 0.6 is 0 Å². The van der Waals surface area contributed by atoms with Crippen molar-refractivity contribution in [1.29, 1.82) is 0 Å². The van der Waals surface area contributed by atoms with Crippen LogP contribution in [-0.4, -0.2) is 35.0 Å². The highest BCUT2D eigenvalue weighted by Gasteiger charge is 2.06. The number of hydrogen-bond acceptors (Lipinski definition) is 7. The maximum atomic E-state index is 5.89. The molecule has 4 rings (SSSR count). The monoisotopic (exact) mass is 390 g/mol. The van der Waals surface area contributed by atoms with Gasteiger partial charge in [0, 0.05) is 25.4 Å². The van der Waals surface area contributed by atoms with Gasteiger partial charge in [0.1, 0.15) is 23.9 Å². The van der Waals surface area contributed by atoms with E-state index in [0.29, 0.717) is 12.4 Å². The average molecular weight is 390 g/mol. The van der Waals surface area contributed by atoms with E-state index in [1.54, 1.807) is 6.26 Å². The quantitative estimate of drug-likeness (QED) is 0.374. The van der Waals surface area contributed by atoms with Crippen LogP contribution in [0.2, 0.25) is 0 Å². The number of rotatable bonds is 6. The molecule has 0 radical (unpaired) electrons. The van der Waals surface area contributed by atoms with Gasteiger partial charge in [-0.25, -0.2) is 15.0 Å². The zero-order chi connectivity index (χ0) is 19.9. The van der Waals surface area contributed by atoms with E-state index in [1.807, 2.05) is 48.8 Å². The van der Waals surface area contributed by atoms with Crippen LogP contribution in [0.1, 0.15) is 16.9 Å². The van der Waals surface area contributed by atoms with Gasteiger partial charge in [0.25, 0.3) is 0 Å². The predicted octanol–water partition coefficient (Wildman–Crippen LogP) is 1.96. The van der Waals surface area contributed by atoms with Gasteiger partial charge in [-0.15, -0.1) is 0 Å². The van der Waals surface area contributed by atoms with Crippen molar-refractivity contribution in [3.05, 3.63) is 71.9 Å². The topological polar surface area (TPSA) is 126 Å². The van der Waals surface area contributed by atoms with E-state index in [4.69, 9.17) is 10.2 Å². The Morgan fingerprint density at radius 1 is 1.10 bits per heavy atom. The summed E-state index contributed by atoms with van der Waals surface area (Å²) < 4.78 is 5.22.